The molecule has 0 aromatic rings. The summed E-state index contributed by atoms with van der Waals surface area (Å²) in [6.45, 7) is 13.9. The normalized spacial score (nSPS) is 30.7. The Morgan fingerprint density at radius 3 is 1.17 bits per heavy atom. The molecule has 1 fully saturated rings. The minimum Gasteiger partial charge on any atom is -0.300 e. The van der Waals surface area contributed by atoms with E-state index in [9.17, 15) is 4.79 Å². The number of carbonyl (C=O) groups is 1. The Morgan fingerprint density at radius 2 is 1.08 bits per heavy atom. The summed E-state index contributed by atoms with van der Waals surface area (Å²) in [5, 5.41) is 0. The summed E-state index contributed by atoms with van der Waals surface area (Å²) in [5.74, 6) is 0.591. The summed E-state index contributed by atoms with van der Waals surface area (Å²) in [4.78, 5) is 11.6. The first kappa shape index (κ1) is 10.2. The second-order valence-corrected chi connectivity index (χ2v) is 16.8. The quantitative estimate of drug-likeness (QED) is 0.626. The Hall–Kier alpha value is 0.104. The molecular formula is C9H20OSi2. The van der Waals surface area contributed by atoms with Crippen LogP contribution in [-0.4, -0.2) is 21.9 Å². The first-order valence-electron chi connectivity index (χ1n) is 4.69. The van der Waals surface area contributed by atoms with Crippen molar-refractivity contribution in [2.45, 2.75) is 50.4 Å². The van der Waals surface area contributed by atoms with Crippen molar-refractivity contribution in [3.05, 3.63) is 0 Å². The number of rotatable bonds is 2. The van der Waals surface area contributed by atoms with Gasteiger partial charge in [-0.2, -0.15) is 0 Å². The van der Waals surface area contributed by atoms with E-state index in [-0.39, 0.29) is 0 Å². The summed E-state index contributed by atoms with van der Waals surface area (Å²) in [6.07, 6.45) is 0. The van der Waals surface area contributed by atoms with Gasteiger partial charge in [0.2, 0.25) is 0 Å². The Balaban J connectivity index is 2.73. The molecule has 2 atom stereocenters. The summed E-state index contributed by atoms with van der Waals surface area (Å²) in [6, 6.07) is 0. The Morgan fingerprint density at radius 1 is 0.833 bits per heavy atom. The maximum absolute atomic E-state index is 11.6. The van der Waals surface area contributed by atoms with Gasteiger partial charge in [-0.25, -0.2) is 0 Å². The first-order chi connectivity index (χ1) is 5.15. The van der Waals surface area contributed by atoms with Crippen LogP contribution in [0.2, 0.25) is 50.4 Å². The van der Waals surface area contributed by atoms with E-state index in [1.54, 1.807) is 0 Å². The Labute approximate surface area is 77.6 Å². The van der Waals surface area contributed by atoms with E-state index in [2.05, 4.69) is 39.3 Å². The minimum absolute atomic E-state index is 0.504. The van der Waals surface area contributed by atoms with E-state index < -0.39 is 16.1 Å². The van der Waals surface area contributed by atoms with Crippen LogP contribution in [0.5, 0.6) is 0 Å². The van der Waals surface area contributed by atoms with Crippen molar-refractivity contribution in [3.8, 4) is 0 Å². The van der Waals surface area contributed by atoms with Gasteiger partial charge >= 0.3 is 0 Å². The van der Waals surface area contributed by atoms with E-state index in [0.717, 1.165) is 0 Å². The maximum Gasteiger partial charge on any atom is 0.134 e. The van der Waals surface area contributed by atoms with Gasteiger partial charge in [0.25, 0.3) is 0 Å². The molecule has 0 aromatic heterocycles. The zero-order valence-electron chi connectivity index (χ0n) is 9.06. The topological polar surface area (TPSA) is 17.1 Å². The highest BCUT2D eigenvalue weighted by Gasteiger charge is 2.60. The van der Waals surface area contributed by atoms with Crippen LogP contribution in [0, 0.1) is 0 Å². The van der Waals surface area contributed by atoms with Crippen LogP contribution >= 0.6 is 0 Å². The monoisotopic (exact) mass is 200 g/mol. The standard InChI is InChI=1S/C9H20OSi2/c1-11(2,3)8-7(10)9(8)12(4,5)6/h8-9H,1-6H3/t8-,9+. The molecule has 1 nitrogen and oxygen atoms in total. The smallest absolute Gasteiger partial charge is 0.134 e. The summed E-state index contributed by atoms with van der Waals surface area (Å²) in [7, 11) is -2.35. The van der Waals surface area contributed by atoms with Crippen molar-refractivity contribution in [3.63, 3.8) is 0 Å². The lowest BCUT2D eigenvalue weighted by molar-refractivity contribution is -0.109. The molecule has 0 amide bonds. The van der Waals surface area contributed by atoms with Crippen LogP contribution in [0.25, 0.3) is 0 Å². The zero-order chi connectivity index (χ0) is 9.73. The molecule has 12 heavy (non-hydrogen) atoms. The van der Waals surface area contributed by atoms with Gasteiger partial charge < -0.3 is 0 Å². The largest absolute Gasteiger partial charge is 0.300 e. The van der Waals surface area contributed by atoms with Crippen LogP contribution in [0.15, 0.2) is 0 Å². The average Bonchev–Trinajstić information content (AvgIpc) is 2.35. The van der Waals surface area contributed by atoms with Gasteiger partial charge in [0, 0.05) is 11.1 Å². The molecule has 0 spiro atoms. The fourth-order valence-electron chi connectivity index (χ4n) is 2.09. The second-order valence-electron chi connectivity index (χ2n) is 6.09. The molecule has 0 radical (unpaired) electrons. The number of hydrogen-bond acceptors (Lipinski definition) is 1. The number of Topliss-reactive ketones (excluding diaryl/α,β-unsaturated/α-hetero) is 1. The third-order valence-corrected chi connectivity index (χ3v) is 8.00. The predicted molar refractivity (Wildman–Crippen MR) is 59.2 cm³/mol. The molecule has 0 N–H and O–H groups in total. The molecule has 1 rings (SSSR count). The van der Waals surface area contributed by atoms with E-state index in [0.29, 0.717) is 16.9 Å². The van der Waals surface area contributed by atoms with Crippen molar-refractivity contribution in [2.24, 2.45) is 0 Å². The molecule has 1 saturated carbocycles. The molecule has 1 aliphatic rings. The molecule has 0 heterocycles. The van der Waals surface area contributed by atoms with Crippen molar-refractivity contribution < 1.29 is 4.79 Å². The van der Waals surface area contributed by atoms with Gasteiger partial charge in [-0.05, 0) is 0 Å². The van der Waals surface area contributed by atoms with Gasteiger partial charge in [0.1, 0.15) is 5.78 Å². The lowest BCUT2D eigenvalue weighted by atomic mass is 10.9. The summed E-state index contributed by atoms with van der Waals surface area (Å²) >= 11 is 0. The number of ketones is 1. The average molecular weight is 200 g/mol. The van der Waals surface area contributed by atoms with Crippen molar-refractivity contribution in [2.75, 3.05) is 0 Å². The van der Waals surface area contributed by atoms with Gasteiger partial charge in [-0.3, -0.25) is 4.79 Å². The lowest BCUT2D eigenvalue weighted by Gasteiger charge is -2.19. The lowest BCUT2D eigenvalue weighted by Crippen LogP contribution is -2.26. The molecule has 0 aliphatic heterocycles. The zero-order valence-corrected chi connectivity index (χ0v) is 11.1. The minimum atomic E-state index is -1.17. The highest BCUT2D eigenvalue weighted by molar-refractivity contribution is 6.93. The number of hydrogen-bond donors (Lipinski definition) is 0. The summed E-state index contributed by atoms with van der Waals surface area (Å²) in [5.41, 5.74) is 1.01. The summed E-state index contributed by atoms with van der Waals surface area (Å²) < 4.78 is 0. The third kappa shape index (κ3) is 1.71. The molecule has 0 saturated heterocycles. The first-order valence-corrected chi connectivity index (χ1v) is 11.8. The van der Waals surface area contributed by atoms with Gasteiger partial charge in [-0.15, -0.1) is 0 Å². The van der Waals surface area contributed by atoms with Crippen molar-refractivity contribution in [1.82, 2.24) is 0 Å². The molecule has 0 aromatic carbocycles. The maximum atomic E-state index is 11.6. The van der Waals surface area contributed by atoms with Crippen LogP contribution in [0.1, 0.15) is 0 Å². The molecule has 0 bridgehead atoms. The van der Waals surface area contributed by atoms with E-state index in [1.807, 2.05) is 0 Å². The molecule has 0 unspecified atom stereocenters. The molecular weight excluding hydrogens is 180 g/mol. The van der Waals surface area contributed by atoms with E-state index in [1.165, 1.54) is 0 Å². The molecule has 1 aliphatic carbocycles. The van der Waals surface area contributed by atoms with Crippen LogP contribution in [-0.2, 0) is 4.79 Å². The SMILES string of the molecule is C[Si](C)(C)[C@@H]1C(=O)[C@@H]1[Si](C)(C)C. The van der Waals surface area contributed by atoms with E-state index in [4.69, 9.17) is 0 Å². The van der Waals surface area contributed by atoms with Crippen molar-refractivity contribution >= 4 is 21.9 Å². The predicted octanol–water partition coefficient (Wildman–Crippen LogP) is 2.99. The highest BCUT2D eigenvalue weighted by Crippen LogP contribution is 2.57. The van der Waals surface area contributed by atoms with Crippen LogP contribution < -0.4 is 0 Å². The Kier molecular flexibility index (Phi) is 2.16. The number of carbonyl (C=O) groups excluding carboxylic acids is 1. The van der Waals surface area contributed by atoms with Gasteiger partial charge in [-0.1, -0.05) is 39.3 Å². The molecule has 70 valence electrons. The van der Waals surface area contributed by atoms with Crippen LogP contribution in [0.3, 0.4) is 0 Å². The second kappa shape index (κ2) is 2.55. The fourth-order valence-corrected chi connectivity index (χ4v) is 9.46. The third-order valence-electron chi connectivity index (χ3n) is 2.70. The van der Waals surface area contributed by atoms with E-state index >= 15 is 0 Å². The van der Waals surface area contributed by atoms with Gasteiger partial charge in [0.05, 0.1) is 16.1 Å². The van der Waals surface area contributed by atoms with Crippen molar-refractivity contribution in [1.29, 1.82) is 0 Å². The molecule has 3 heteroatoms. The Bertz CT molecular complexity index is 188. The van der Waals surface area contributed by atoms with Gasteiger partial charge in [0.15, 0.2) is 0 Å². The van der Waals surface area contributed by atoms with Crippen LogP contribution in [0.4, 0.5) is 0 Å². The highest BCUT2D eigenvalue weighted by atomic mass is 28.3. The fraction of sp³-hybridized carbons (Fsp3) is 0.889.